The number of aromatic nitrogens is 2. The normalized spacial score (nSPS) is 11.4. The number of nitrogens with one attached hydrogen (secondary N) is 1. The highest BCUT2D eigenvalue weighted by Gasteiger charge is 2.21. The Hall–Kier alpha value is -2.35. The van der Waals surface area contributed by atoms with Crippen LogP contribution in [-0.2, 0) is 17.1 Å². The van der Waals surface area contributed by atoms with Crippen LogP contribution in [0.3, 0.4) is 0 Å². The summed E-state index contributed by atoms with van der Waals surface area (Å²) in [6, 6.07) is 4.43. The molecule has 0 radical (unpaired) electrons. The number of carbonyl (C=O) groups is 1. The van der Waals surface area contributed by atoms with Gasteiger partial charge in [-0.25, -0.2) is 13.2 Å². The third-order valence-electron chi connectivity index (χ3n) is 2.98. The van der Waals surface area contributed by atoms with Crippen LogP contribution in [0.15, 0.2) is 29.3 Å². The SMILES string of the molecule is Cc1ccc(NS(=O)(=O)c2cc(C(=O)O)n(C)c2)c(C)n1. The predicted molar refractivity (Wildman–Crippen MR) is 76.9 cm³/mol. The Kier molecular flexibility index (Phi) is 3.73. The topological polar surface area (TPSA) is 101 Å². The van der Waals surface area contributed by atoms with Gasteiger partial charge in [-0.1, -0.05) is 0 Å². The number of hydrogen-bond donors (Lipinski definition) is 2. The Morgan fingerprint density at radius 3 is 2.52 bits per heavy atom. The third-order valence-corrected chi connectivity index (χ3v) is 4.31. The van der Waals surface area contributed by atoms with Gasteiger partial charge in [0, 0.05) is 18.9 Å². The van der Waals surface area contributed by atoms with Gasteiger partial charge in [-0.05, 0) is 32.0 Å². The van der Waals surface area contributed by atoms with Gasteiger partial charge in [-0.2, -0.15) is 0 Å². The summed E-state index contributed by atoms with van der Waals surface area (Å²) >= 11 is 0. The van der Waals surface area contributed by atoms with Crippen molar-refractivity contribution in [1.29, 1.82) is 0 Å². The molecule has 2 aromatic rings. The monoisotopic (exact) mass is 309 g/mol. The minimum absolute atomic E-state index is 0.103. The second-order valence-corrected chi connectivity index (χ2v) is 6.35. The largest absolute Gasteiger partial charge is 0.477 e. The summed E-state index contributed by atoms with van der Waals surface area (Å²) < 4.78 is 28.2. The molecular weight excluding hydrogens is 294 g/mol. The Morgan fingerprint density at radius 1 is 1.33 bits per heavy atom. The van der Waals surface area contributed by atoms with E-state index in [1.54, 1.807) is 19.1 Å². The van der Waals surface area contributed by atoms with E-state index in [0.29, 0.717) is 11.4 Å². The van der Waals surface area contributed by atoms with E-state index >= 15 is 0 Å². The molecule has 0 atom stereocenters. The fourth-order valence-corrected chi connectivity index (χ4v) is 3.08. The minimum atomic E-state index is -3.86. The van der Waals surface area contributed by atoms with Gasteiger partial charge in [0.2, 0.25) is 0 Å². The first-order valence-electron chi connectivity index (χ1n) is 6.07. The van der Waals surface area contributed by atoms with E-state index in [4.69, 9.17) is 5.11 Å². The molecule has 2 heterocycles. The van der Waals surface area contributed by atoms with Crippen LogP contribution in [0, 0.1) is 13.8 Å². The van der Waals surface area contributed by atoms with Crippen molar-refractivity contribution in [3.05, 3.63) is 41.5 Å². The van der Waals surface area contributed by atoms with E-state index in [1.165, 1.54) is 17.8 Å². The Morgan fingerprint density at radius 2 is 2.00 bits per heavy atom. The van der Waals surface area contributed by atoms with Crippen LogP contribution >= 0.6 is 0 Å². The van der Waals surface area contributed by atoms with Crippen LogP contribution in [0.2, 0.25) is 0 Å². The molecule has 8 heteroatoms. The molecule has 7 nitrogen and oxygen atoms in total. The number of carboxylic acid groups (broad SMARTS) is 1. The first-order chi connectivity index (χ1) is 9.70. The van der Waals surface area contributed by atoms with Crippen molar-refractivity contribution in [2.75, 3.05) is 4.72 Å². The zero-order chi connectivity index (χ0) is 15.8. The number of carboxylic acids is 1. The van der Waals surface area contributed by atoms with Crippen LogP contribution in [0.5, 0.6) is 0 Å². The van der Waals surface area contributed by atoms with E-state index in [9.17, 15) is 13.2 Å². The standard InChI is InChI=1S/C13H15N3O4S/c1-8-4-5-11(9(2)14-8)15-21(19,20)10-6-12(13(17)18)16(3)7-10/h4-7,15H,1-3H3,(H,17,18). The molecule has 2 N–H and O–H groups in total. The summed E-state index contributed by atoms with van der Waals surface area (Å²) in [5.41, 5.74) is 1.59. The molecule has 2 aromatic heterocycles. The van der Waals surface area contributed by atoms with Gasteiger partial charge < -0.3 is 9.67 Å². The lowest BCUT2D eigenvalue weighted by atomic mass is 10.3. The smallest absolute Gasteiger partial charge is 0.352 e. The highest BCUT2D eigenvalue weighted by atomic mass is 32.2. The molecule has 0 saturated carbocycles. The van der Waals surface area contributed by atoms with Crippen LogP contribution in [0.1, 0.15) is 21.9 Å². The zero-order valence-corrected chi connectivity index (χ0v) is 12.6. The molecule has 112 valence electrons. The first kappa shape index (κ1) is 15.0. The fourth-order valence-electron chi connectivity index (χ4n) is 1.89. The van der Waals surface area contributed by atoms with Crippen LogP contribution < -0.4 is 4.72 Å². The molecule has 0 saturated heterocycles. The summed E-state index contributed by atoms with van der Waals surface area (Å²) in [6.45, 7) is 3.50. The van der Waals surface area contributed by atoms with Crippen molar-refractivity contribution in [1.82, 2.24) is 9.55 Å². The van der Waals surface area contributed by atoms with E-state index in [-0.39, 0.29) is 10.6 Å². The fraction of sp³-hybridized carbons (Fsp3) is 0.231. The summed E-state index contributed by atoms with van der Waals surface area (Å²) in [5, 5.41) is 8.96. The number of aryl methyl sites for hydroxylation is 3. The van der Waals surface area contributed by atoms with Crippen molar-refractivity contribution in [3.8, 4) is 0 Å². The van der Waals surface area contributed by atoms with Crippen molar-refractivity contribution >= 4 is 21.7 Å². The second-order valence-electron chi connectivity index (χ2n) is 4.67. The second kappa shape index (κ2) is 5.21. The number of aromatic carboxylic acids is 1. The van der Waals surface area contributed by atoms with Gasteiger partial charge in [0.15, 0.2) is 0 Å². The average molecular weight is 309 g/mol. The summed E-state index contributed by atoms with van der Waals surface area (Å²) in [4.78, 5) is 15.0. The molecule has 0 amide bonds. The number of rotatable bonds is 4. The van der Waals surface area contributed by atoms with Gasteiger partial charge in [-0.15, -0.1) is 0 Å². The van der Waals surface area contributed by atoms with Gasteiger partial charge in [0.25, 0.3) is 10.0 Å². The van der Waals surface area contributed by atoms with E-state index in [2.05, 4.69) is 9.71 Å². The van der Waals surface area contributed by atoms with Gasteiger partial charge in [0.05, 0.1) is 11.4 Å². The number of hydrogen-bond acceptors (Lipinski definition) is 4. The molecule has 0 aromatic carbocycles. The van der Waals surface area contributed by atoms with Gasteiger partial charge >= 0.3 is 5.97 Å². The lowest BCUT2D eigenvalue weighted by Crippen LogP contribution is -2.13. The Labute approximate surface area is 122 Å². The maximum absolute atomic E-state index is 12.3. The highest BCUT2D eigenvalue weighted by Crippen LogP contribution is 2.20. The third kappa shape index (κ3) is 3.05. The number of anilines is 1. The zero-order valence-electron chi connectivity index (χ0n) is 11.8. The summed E-state index contributed by atoms with van der Waals surface area (Å²) in [7, 11) is -2.38. The maximum Gasteiger partial charge on any atom is 0.352 e. The molecule has 0 aliphatic rings. The number of nitrogens with zero attached hydrogens (tertiary/aromatic N) is 2. The van der Waals surface area contributed by atoms with Gasteiger partial charge in [0.1, 0.15) is 10.6 Å². The highest BCUT2D eigenvalue weighted by molar-refractivity contribution is 7.92. The molecule has 0 aliphatic carbocycles. The Balaban J connectivity index is 2.38. The van der Waals surface area contributed by atoms with Crippen LogP contribution in [0.4, 0.5) is 5.69 Å². The first-order valence-corrected chi connectivity index (χ1v) is 7.56. The number of pyridine rings is 1. The van der Waals surface area contributed by atoms with Crippen molar-refractivity contribution < 1.29 is 18.3 Å². The van der Waals surface area contributed by atoms with E-state index in [1.807, 2.05) is 6.92 Å². The van der Waals surface area contributed by atoms with Crippen molar-refractivity contribution in [2.45, 2.75) is 18.7 Å². The lowest BCUT2D eigenvalue weighted by Gasteiger charge is -2.09. The van der Waals surface area contributed by atoms with Crippen LogP contribution in [0.25, 0.3) is 0 Å². The predicted octanol–water partition coefficient (Wildman–Crippen LogP) is 1.54. The quantitative estimate of drug-likeness (QED) is 0.892. The molecule has 0 fully saturated rings. The molecule has 0 bridgehead atoms. The Bertz CT molecular complexity index is 809. The molecular formula is C13H15N3O4S. The number of sulfonamides is 1. The maximum atomic E-state index is 12.3. The molecule has 0 spiro atoms. The summed E-state index contributed by atoms with van der Waals surface area (Å²) in [5.74, 6) is -1.19. The molecule has 21 heavy (non-hydrogen) atoms. The van der Waals surface area contributed by atoms with Crippen molar-refractivity contribution in [3.63, 3.8) is 0 Å². The lowest BCUT2D eigenvalue weighted by molar-refractivity contribution is 0.0686. The molecule has 0 aliphatic heterocycles. The summed E-state index contributed by atoms with van der Waals surface area (Å²) in [6.07, 6.45) is 1.25. The molecule has 2 rings (SSSR count). The van der Waals surface area contributed by atoms with E-state index < -0.39 is 16.0 Å². The minimum Gasteiger partial charge on any atom is -0.477 e. The van der Waals surface area contributed by atoms with E-state index in [0.717, 1.165) is 11.8 Å². The van der Waals surface area contributed by atoms with Crippen molar-refractivity contribution in [2.24, 2.45) is 7.05 Å². The van der Waals surface area contributed by atoms with Gasteiger partial charge in [-0.3, -0.25) is 9.71 Å². The van der Waals surface area contributed by atoms with Crippen LogP contribution in [-0.4, -0.2) is 29.0 Å². The average Bonchev–Trinajstić information content (AvgIpc) is 2.76. The molecule has 0 unspecified atom stereocenters.